The van der Waals surface area contributed by atoms with Crippen molar-refractivity contribution in [1.29, 1.82) is 0 Å². The Morgan fingerprint density at radius 3 is 2.48 bits per heavy atom. The molecule has 7 nitrogen and oxygen atoms in total. The van der Waals surface area contributed by atoms with Crippen molar-refractivity contribution < 1.29 is 14.3 Å². The Bertz CT molecular complexity index is 925. The van der Waals surface area contributed by atoms with Crippen molar-refractivity contribution in [3.8, 4) is 5.75 Å². The largest absolute Gasteiger partial charge is 0.495 e. The molecule has 2 aromatic rings. The van der Waals surface area contributed by atoms with Crippen LogP contribution in [-0.2, 0) is 10.3 Å². The lowest BCUT2D eigenvalue weighted by Gasteiger charge is -2.23. The van der Waals surface area contributed by atoms with Crippen LogP contribution in [0.25, 0.3) is 0 Å². The van der Waals surface area contributed by atoms with Crippen LogP contribution in [0.15, 0.2) is 24.3 Å². The van der Waals surface area contributed by atoms with Gasteiger partial charge in [0, 0.05) is 24.3 Å². The van der Waals surface area contributed by atoms with Gasteiger partial charge in [0.2, 0.25) is 5.91 Å². The summed E-state index contributed by atoms with van der Waals surface area (Å²) in [4.78, 5) is 26.8. The molecule has 29 heavy (non-hydrogen) atoms. The zero-order valence-corrected chi connectivity index (χ0v) is 18.1. The van der Waals surface area contributed by atoms with E-state index in [1.54, 1.807) is 30.2 Å². The van der Waals surface area contributed by atoms with E-state index in [-0.39, 0.29) is 23.3 Å². The number of nitrogens with one attached hydrogen (secondary N) is 1. The molecule has 2 amide bonds. The number of benzene rings is 1. The molecule has 0 atom stereocenters. The second-order valence-corrected chi connectivity index (χ2v) is 8.68. The molecule has 0 bridgehead atoms. The number of hydrogen-bond donors (Lipinski definition) is 1. The van der Waals surface area contributed by atoms with E-state index in [0.717, 1.165) is 12.1 Å². The monoisotopic (exact) mass is 398 g/mol. The molecule has 1 N–H and O–H groups in total. The molecule has 1 saturated heterocycles. The van der Waals surface area contributed by atoms with E-state index in [1.165, 1.54) is 0 Å². The van der Waals surface area contributed by atoms with Gasteiger partial charge in [0.25, 0.3) is 5.91 Å². The number of ether oxygens (including phenoxy) is 1. The number of amides is 2. The number of carbonyl (C=O) groups is 2. The van der Waals surface area contributed by atoms with Gasteiger partial charge in [-0.1, -0.05) is 13.8 Å². The molecule has 1 aliphatic heterocycles. The van der Waals surface area contributed by atoms with Crippen molar-refractivity contribution >= 4 is 23.2 Å². The highest BCUT2D eigenvalue weighted by molar-refractivity contribution is 6.04. The molecule has 156 valence electrons. The van der Waals surface area contributed by atoms with Crippen LogP contribution in [0.1, 0.15) is 69.6 Å². The highest BCUT2D eigenvalue weighted by Crippen LogP contribution is 2.34. The summed E-state index contributed by atoms with van der Waals surface area (Å²) in [6.45, 7) is 11.0. The molecular formula is C22H30N4O3. The third-order valence-electron chi connectivity index (χ3n) is 5.00. The summed E-state index contributed by atoms with van der Waals surface area (Å²) in [6.07, 6.45) is 1.35. The third kappa shape index (κ3) is 4.28. The number of carbonyl (C=O) groups excluding carboxylic acids is 2. The van der Waals surface area contributed by atoms with E-state index in [4.69, 9.17) is 4.74 Å². The van der Waals surface area contributed by atoms with Crippen molar-refractivity contribution in [2.24, 2.45) is 0 Å². The fraction of sp³-hybridized carbons (Fsp3) is 0.500. The quantitative estimate of drug-likeness (QED) is 0.821. The van der Waals surface area contributed by atoms with E-state index >= 15 is 0 Å². The molecule has 7 heteroatoms. The Morgan fingerprint density at radius 1 is 1.24 bits per heavy atom. The number of methoxy groups -OCH3 is 1. The fourth-order valence-electron chi connectivity index (χ4n) is 3.53. The number of nitrogens with zero attached hydrogens (tertiary/aromatic N) is 3. The second-order valence-electron chi connectivity index (χ2n) is 8.68. The highest BCUT2D eigenvalue weighted by atomic mass is 16.5. The van der Waals surface area contributed by atoms with Crippen LogP contribution < -0.4 is 15.0 Å². The van der Waals surface area contributed by atoms with E-state index < -0.39 is 0 Å². The van der Waals surface area contributed by atoms with Gasteiger partial charge in [-0.25, -0.2) is 0 Å². The fourth-order valence-corrected chi connectivity index (χ4v) is 3.53. The molecular weight excluding hydrogens is 368 g/mol. The second kappa shape index (κ2) is 7.89. The van der Waals surface area contributed by atoms with E-state index in [2.05, 4.69) is 45.0 Å². The first-order valence-electron chi connectivity index (χ1n) is 10.0. The lowest BCUT2D eigenvalue weighted by atomic mass is 10.1. The predicted octanol–water partition coefficient (Wildman–Crippen LogP) is 4.15. The van der Waals surface area contributed by atoms with Gasteiger partial charge in [0.1, 0.15) is 5.75 Å². The normalized spacial score (nSPS) is 14.6. The van der Waals surface area contributed by atoms with Crippen LogP contribution in [0.3, 0.4) is 0 Å². The number of aromatic nitrogens is 2. The van der Waals surface area contributed by atoms with Crippen LogP contribution >= 0.6 is 0 Å². The van der Waals surface area contributed by atoms with Gasteiger partial charge in [0.05, 0.1) is 18.3 Å². The minimum absolute atomic E-state index is 0.0669. The topological polar surface area (TPSA) is 76.5 Å². The predicted molar refractivity (Wildman–Crippen MR) is 114 cm³/mol. The summed E-state index contributed by atoms with van der Waals surface area (Å²) in [5.41, 5.74) is 2.44. The van der Waals surface area contributed by atoms with Crippen LogP contribution in [0.5, 0.6) is 5.75 Å². The van der Waals surface area contributed by atoms with Gasteiger partial charge in [-0.3, -0.25) is 14.3 Å². The molecule has 0 unspecified atom stereocenters. The lowest BCUT2D eigenvalue weighted by Crippen LogP contribution is -2.26. The molecule has 0 aliphatic carbocycles. The molecule has 0 radical (unpaired) electrons. The Labute approximate surface area is 172 Å². The Hall–Kier alpha value is -2.83. The third-order valence-corrected chi connectivity index (χ3v) is 5.00. The van der Waals surface area contributed by atoms with Gasteiger partial charge in [-0.2, -0.15) is 5.10 Å². The summed E-state index contributed by atoms with van der Waals surface area (Å²) < 4.78 is 7.32. The summed E-state index contributed by atoms with van der Waals surface area (Å²) in [7, 11) is 1.57. The van der Waals surface area contributed by atoms with E-state index in [1.807, 2.05) is 10.7 Å². The first-order chi connectivity index (χ1) is 13.6. The number of hydrogen-bond acceptors (Lipinski definition) is 4. The average Bonchev–Trinajstić information content (AvgIpc) is 3.28. The van der Waals surface area contributed by atoms with Crippen molar-refractivity contribution in [3.05, 3.63) is 35.7 Å². The van der Waals surface area contributed by atoms with Gasteiger partial charge in [-0.05, 0) is 57.4 Å². The van der Waals surface area contributed by atoms with Gasteiger partial charge >= 0.3 is 0 Å². The minimum atomic E-state index is -0.279. The number of anilines is 2. The van der Waals surface area contributed by atoms with E-state index in [9.17, 15) is 9.59 Å². The molecule has 1 aromatic heterocycles. The maximum absolute atomic E-state index is 12.9. The molecule has 1 aromatic carbocycles. The zero-order chi connectivity index (χ0) is 21.3. The van der Waals surface area contributed by atoms with Gasteiger partial charge in [-0.15, -0.1) is 0 Å². The summed E-state index contributed by atoms with van der Waals surface area (Å²) in [5, 5.41) is 7.47. The smallest absolute Gasteiger partial charge is 0.276 e. The Balaban J connectivity index is 1.89. The molecule has 1 aliphatic rings. The van der Waals surface area contributed by atoms with Crippen molar-refractivity contribution in [2.45, 2.75) is 58.9 Å². The molecule has 2 heterocycles. The van der Waals surface area contributed by atoms with Crippen LogP contribution in [0.4, 0.5) is 11.4 Å². The van der Waals surface area contributed by atoms with Crippen LogP contribution in [0.2, 0.25) is 0 Å². The Morgan fingerprint density at radius 2 is 1.97 bits per heavy atom. The van der Waals surface area contributed by atoms with Crippen molar-refractivity contribution in [1.82, 2.24) is 9.78 Å². The molecule has 3 rings (SSSR count). The summed E-state index contributed by atoms with van der Waals surface area (Å²) in [6, 6.07) is 7.17. The maximum Gasteiger partial charge on any atom is 0.276 e. The van der Waals surface area contributed by atoms with Gasteiger partial charge < -0.3 is 15.0 Å². The lowest BCUT2D eigenvalue weighted by molar-refractivity contribution is -0.117. The number of rotatable bonds is 5. The average molecular weight is 399 g/mol. The highest BCUT2D eigenvalue weighted by Gasteiger charge is 2.26. The maximum atomic E-state index is 12.9. The van der Waals surface area contributed by atoms with Crippen molar-refractivity contribution in [2.75, 3.05) is 23.9 Å². The first-order valence-corrected chi connectivity index (χ1v) is 10.0. The van der Waals surface area contributed by atoms with E-state index in [0.29, 0.717) is 35.8 Å². The van der Waals surface area contributed by atoms with Gasteiger partial charge in [0.15, 0.2) is 5.69 Å². The zero-order valence-electron chi connectivity index (χ0n) is 18.1. The minimum Gasteiger partial charge on any atom is -0.495 e. The SMILES string of the molecule is COc1ccc(NC(=O)c2cc(C(C)C)n(C(C)(C)C)n2)cc1N1CCCC1=O. The molecule has 1 fully saturated rings. The first kappa shape index (κ1) is 20.9. The van der Waals surface area contributed by atoms with Crippen LogP contribution in [-0.4, -0.2) is 35.2 Å². The van der Waals surface area contributed by atoms with Crippen LogP contribution in [0, 0.1) is 0 Å². The molecule has 0 saturated carbocycles. The summed E-state index contributed by atoms with van der Waals surface area (Å²) in [5.74, 6) is 0.644. The van der Waals surface area contributed by atoms with Crippen molar-refractivity contribution in [3.63, 3.8) is 0 Å². The molecule has 0 spiro atoms. The standard InChI is InChI=1S/C22H30N4O3/c1-14(2)17-13-16(24-26(17)22(3,4)5)21(28)23-15-9-10-19(29-6)18(12-15)25-11-7-8-20(25)27/h9-10,12-14H,7-8,11H2,1-6H3,(H,23,28). The summed E-state index contributed by atoms with van der Waals surface area (Å²) >= 11 is 0. The Kier molecular flexibility index (Phi) is 5.68.